The number of nitrogens with one attached hydrogen (secondary N) is 1. The number of thiazole rings is 1. The van der Waals surface area contributed by atoms with Gasteiger partial charge in [0.2, 0.25) is 0 Å². The Labute approximate surface area is 128 Å². The van der Waals surface area contributed by atoms with Gasteiger partial charge < -0.3 is 0 Å². The maximum absolute atomic E-state index is 5.38. The molecule has 0 saturated heterocycles. The Morgan fingerprint density at radius 3 is 2.80 bits per heavy atom. The number of hydrogen-bond donors (Lipinski definition) is 1. The molecular weight excluding hydrogens is 288 g/mol. The Hall–Kier alpha value is -1.01. The first-order valence-electron chi connectivity index (χ1n) is 7.25. The fourth-order valence-electron chi connectivity index (χ4n) is 2.35. The van der Waals surface area contributed by atoms with Crippen LogP contribution in [0.5, 0.6) is 0 Å². The predicted molar refractivity (Wildman–Crippen MR) is 84.7 cm³/mol. The van der Waals surface area contributed by atoms with Crippen LogP contribution in [0.4, 0.5) is 0 Å². The highest BCUT2D eigenvalue weighted by atomic mass is 32.1. The minimum absolute atomic E-state index is 0.543. The van der Waals surface area contributed by atoms with E-state index in [0.29, 0.717) is 16.6 Å². The van der Waals surface area contributed by atoms with Crippen LogP contribution in [0.1, 0.15) is 50.2 Å². The maximum atomic E-state index is 5.38. The van der Waals surface area contributed by atoms with Crippen molar-refractivity contribution in [1.82, 2.24) is 19.7 Å². The highest BCUT2D eigenvalue weighted by Crippen LogP contribution is 2.45. The van der Waals surface area contributed by atoms with Crippen molar-refractivity contribution in [3.8, 4) is 10.7 Å². The summed E-state index contributed by atoms with van der Waals surface area (Å²) in [6.07, 6.45) is 3.50. The minimum Gasteiger partial charge on any atom is -0.299 e. The average Bonchev–Trinajstić information content (AvgIpc) is 3.08. The van der Waals surface area contributed by atoms with E-state index >= 15 is 0 Å². The first kappa shape index (κ1) is 13.9. The number of H-pyrrole nitrogens is 1. The fourth-order valence-corrected chi connectivity index (χ4v) is 3.64. The third kappa shape index (κ3) is 2.59. The Morgan fingerprint density at radius 2 is 2.20 bits per heavy atom. The normalized spacial score (nSPS) is 15.2. The lowest BCUT2D eigenvalue weighted by atomic mass is 10.2. The van der Waals surface area contributed by atoms with E-state index in [0.717, 1.165) is 18.8 Å². The summed E-state index contributed by atoms with van der Waals surface area (Å²) < 4.78 is 2.83. The molecule has 4 nitrogen and oxygen atoms in total. The molecule has 0 spiro atoms. The van der Waals surface area contributed by atoms with Crippen molar-refractivity contribution in [2.45, 2.75) is 52.5 Å². The summed E-state index contributed by atoms with van der Waals surface area (Å²) in [4.78, 5) is 6.03. The summed E-state index contributed by atoms with van der Waals surface area (Å²) in [5.41, 5.74) is 1.24. The van der Waals surface area contributed by atoms with Crippen molar-refractivity contribution in [3.63, 3.8) is 0 Å². The van der Waals surface area contributed by atoms with Crippen molar-refractivity contribution < 1.29 is 0 Å². The van der Waals surface area contributed by atoms with E-state index in [2.05, 4.69) is 35.5 Å². The maximum Gasteiger partial charge on any atom is 0.195 e. The van der Waals surface area contributed by atoms with Crippen molar-refractivity contribution in [2.75, 3.05) is 0 Å². The molecule has 0 unspecified atom stereocenters. The molecule has 2 aromatic heterocycles. The van der Waals surface area contributed by atoms with E-state index in [1.807, 2.05) is 0 Å². The minimum atomic E-state index is 0.543. The molecular formula is C14H20N4S2. The summed E-state index contributed by atoms with van der Waals surface area (Å²) in [6.45, 7) is 7.45. The molecule has 0 amide bonds. The monoisotopic (exact) mass is 308 g/mol. The molecule has 1 N–H and O–H groups in total. The van der Waals surface area contributed by atoms with E-state index in [-0.39, 0.29) is 0 Å². The number of aryl methyl sites for hydroxylation is 1. The van der Waals surface area contributed by atoms with Crippen LogP contribution in [-0.4, -0.2) is 19.7 Å². The quantitative estimate of drug-likeness (QED) is 0.844. The summed E-state index contributed by atoms with van der Waals surface area (Å²) >= 11 is 7.15. The van der Waals surface area contributed by atoms with Crippen molar-refractivity contribution in [3.05, 3.63) is 15.5 Å². The van der Waals surface area contributed by atoms with Gasteiger partial charge in [0.1, 0.15) is 0 Å². The second-order valence-corrected chi connectivity index (χ2v) is 7.28. The lowest BCUT2D eigenvalue weighted by Crippen LogP contribution is -2.06. The zero-order valence-electron chi connectivity index (χ0n) is 12.1. The lowest BCUT2D eigenvalue weighted by Gasteiger charge is -2.08. The summed E-state index contributed by atoms with van der Waals surface area (Å²) in [5.74, 6) is 2.16. The van der Waals surface area contributed by atoms with E-state index in [1.54, 1.807) is 11.3 Å². The molecule has 1 aliphatic carbocycles. The van der Waals surface area contributed by atoms with Crippen LogP contribution in [0.25, 0.3) is 10.7 Å². The van der Waals surface area contributed by atoms with Crippen LogP contribution in [-0.2, 0) is 13.0 Å². The topological polar surface area (TPSA) is 46.5 Å². The van der Waals surface area contributed by atoms with Crippen LogP contribution in [0, 0.1) is 10.7 Å². The predicted octanol–water partition coefficient (Wildman–Crippen LogP) is 4.16. The average molecular weight is 308 g/mol. The van der Waals surface area contributed by atoms with Crippen LogP contribution in [0.3, 0.4) is 0 Å². The summed E-state index contributed by atoms with van der Waals surface area (Å²) in [7, 11) is 0. The molecule has 0 radical (unpaired) electrons. The molecule has 0 bridgehead atoms. The SMILES string of the molecule is CCc1nc(C2CC2)c(-c2n[nH]c(=S)n2CC(C)C)s1. The Bertz CT molecular complexity index is 661. The number of nitrogens with zero attached hydrogens (tertiary/aromatic N) is 3. The van der Waals surface area contributed by atoms with E-state index < -0.39 is 0 Å². The van der Waals surface area contributed by atoms with Gasteiger partial charge in [0.05, 0.1) is 15.6 Å². The Balaban J connectivity index is 2.08. The van der Waals surface area contributed by atoms with Crippen molar-refractivity contribution in [2.24, 2.45) is 5.92 Å². The van der Waals surface area contributed by atoms with Gasteiger partial charge in [0, 0.05) is 12.5 Å². The zero-order valence-corrected chi connectivity index (χ0v) is 13.8. The van der Waals surface area contributed by atoms with Gasteiger partial charge in [-0.3, -0.25) is 9.67 Å². The van der Waals surface area contributed by atoms with Crippen LogP contribution in [0.2, 0.25) is 0 Å². The molecule has 2 heterocycles. The number of rotatable bonds is 5. The number of aromatic amines is 1. The number of hydrogen-bond acceptors (Lipinski definition) is 4. The second-order valence-electron chi connectivity index (χ2n) is 5.81. The molecule has 1 aliphatic rings. The lowest BCUT2D eigenvalue weighted by molar-refractivity contribution is 0.521. The van der Waals surface area contributed by atoms with Gasteiger partial charge in [0.25, 0.3) is 0 Å². The van der Waals surface area contributed by atoms with E-state index in [4.69, 9.17) is 17.2 Å². The van der Waals surface area contributed by atoms with Crippen LogP contribution >= 0.6 is 23.6 Å². The standard InChI is InChI=1S/C14H20N4S2/c1-4-10-15-11(9-5-6-9)12(20-10)13-16-17-14(19)18(13)7-8(2)3/h8-9H,4-7H2,1-3H3,(H,17,19). The van der Waals surface area contributed by atoms with Gasteiger partial charge in [-0.05, 0) is 37.4 Å². The summed E-state index contributed by atoms with van der Waals surface area (Å²) in [6, 6.07) is 0. The van der Waals surface area contributed by atoms with Crippen LogP contribution < -0.4 is 0 Å². The Morgan fingerprint density at radius 1 is 1.45 bits per heavy atom. The molecule has 6 heteroatoms. The molecule has 1 fully saturated rings. The number of aromatic nitrogens is 4. The molecule has 0 aliphatic heterocycles. The highest BCUT2D eigenvalue weighted by molar-refractivity contribution is 7.71. The molecule has 20 heavy (non-hydrogen) atoms. The largest absolute Gasteiger partial charge is 0.299 e. The third-order valence-electron chi connectivity index (χ3n) is 3.47. The van der Waals surface area contributed by atoms with Crippen molar-refractivity contribution in [1.29, 1.82) is 0 Å². The fraction of sp³-hybridized carbons (Fsp3) is 0.643. The van der Waals surface area contributed by atoms with Gasteiger partial charge in [-0.2, -0.15) is 5.10 Å². The Kier molecular flexibility index (Phi) is 3.77. The molecule has 0 atom stereocenters. The molecule has 1 saturated carbocycles. The third-order valence-corrected chi connectivity index (χ3v) is 5.00. The summed E-state index contributed by atoms with van der Waals surface area (Å²) in [5, 5.41) is 8.62. The van der Waals surface area contributed by atoms with E-state index in [1.165, 1.54) is 28.4 Å². The smallest absolute Gasteiger partial charge is 0.195 e. The van der Waals surface area contributed by atoms with E-state index in [9.17, 15) is 0 Å². The van der Waals surface area contributed by atoms with Crippen LogP contribution in [0.15, 0.2) is 0 Å². The van der Waals surface area contributed by atoms with Gasteiger partial charge in [-0.15, -0.1) is 11.3 Å². The first-order chi connectivity index (χ1) is 9.60. The van der Waals surface area contributed by atoms with Crippen molar-refractivity contribution >= 4 is 23.6 Å². The molecule has 2 aromatic rings. The van der Waals surface area contributed by atoms with Gasteiger partial charge >= 0.3 is 0 Å². The second kappa shape index (κ2) is 5.41. The van der Waals surface area contributed by atoms with Gasteiger partial charge in [-0.1, -0.05) is 20.8 Å². The molecule has 3 rings (SSSR count). The molecule has 0 aromatic carbocycles. The first-order valence-corrected chi connectivity index (χ1v) is 8.47. The van der Waals surface area contributed by atoms with Gasteiger partial charge in [0.15, 0.2) is 10.6 Å². The van der Waals surface area contributed by atoms with Gasteiger partial charge in [-0.25, -0.2) is 4.98 Å². The zero-order chi connectivity index (χ0) is 14.3. The molecule has 108 valence electrons. The highest BCUT2D eigenvalue weighted by Gasteiger charge is 2.31.